The van der Waals surface area contributed by atoms with Gasteiger partial charge in [-0.2, -0.15) is 0 Å². The van der Waals surface area contributed by atoms with E-state index in [1.165, 1.54) is 0 Å². The van der Waals surface area contributed by atoms with E-state index in [2.05, 4.69) is 5.16 Å². The van der Waals surface area contributed by atoms with Gasteiger partial charge >= 0.3 is 0 Å². The van der Waals surface area contributed by atoms with Crippen molar-refractivity contribution in [3.05, 3.63) is 34.9 Å². The maximum absolute atomic E-state index is 12.6. The molecular weight excluding hydrogens is 254 g/mol. The van der Waals surface area contributed by atoms with Crippen LogP contribution >= 0.6 is 0 Å². The molecule has 20 heavy (non-hydrogen) atoms. The van der Waals surface area contributed by atoms with Gasteiger partial charge in [-0.3, -0.25) is 4.79 Å². The van der Waals surface area contributed by atoms with Crippen LogP contribution in [-0.4, -0.2) is 34.9 Å². The number of aryl methyl sites for hydroxylation is 1. The van der Waals surface area contributed by atoms with Crippen LogP contribution in [0.4, 0.5) is 0 Å². The van der Waals surface area contributed by atoms with Crippen molar-refractivity contribution in [3.63, 3.8) is 0 Å². The number of amidine groups is 1. The first-order valence-electron chi connectivity index (χ1n) is 6.75. The van der Waals surface area contributed by atoms with Crippen molar-refractivity contribution in [1.82, 2.24) is 4.90 Å². The van der Waals surface area contributed by atoms with Crippen LogP contribution in [0.15, 0.2) is 23.4 Å². The van der Waals surface area contributed by atoms with Crippen molar-refractivity contribution in [3.8, 4) is 0 Å². The van der Waals surface area contributed by atoms with E-state index in [1.54, 1.807) is 4.90 Å². The lowest BCUT2D eigenvalue weighted by Crippen LogP contribution is -2.39. The summed E-state index contributed by atoms with van der Waals surface area (Å²) in [6.07, 6.45) is 0. The van der Waals surface area contributed by atoms with Gasteiger partial charge in [0.05, 0.1) is 0 Å². The largest absolute Gasteiger partial charge is 0.409 e. The van der Waals surface area contributed by atoms with E-state index in [9.17, 15) is 4.79 Å². The van der Waals surface area contributed by atoms with E-state index >= 15 is 0 Å². The molecule has 3 N–H and O–H groups in total. The maximum Gasteiger partial charge on any atom is 0.254 e. The smallest absolute Gasteiger partial charge is 0.254 e. The molecule has 1 amide bonds. The molecule has 0 saturated heterocycles. The normalized spacial score (nSPS) is 13.1. The summed E-state index contributed by atoms with van der Waals surface area (Å²) in [4.78, 5) is 14.3. The molecule has 0 heterocycles. The van der Waals surface area contributed by atoms with E-state index < -0.39 is 0 Å². The molecule has 1 rings (SSSR count). The highest BCUT2D eigenvalue weighted by atomic mass is 16.4. The highest BCUT2D eigenvalue weighted by Gasteiger charge is 2.20. The number of rotatable bonds is 5. The maximum atomic E-state index is 12.6. The number of nitrogens with zero attached hydrogens (tertiary/aromatic N) is 2. The molecular formula is C15H23N3O2. The van der Waals surface area contributed by atoms with Crippen molar-refractivity contribution in [2.75, 3.05) is 13.1 Å². The van der Waals surface area contributed by atoms with Gasteiger partial charge in [0, 0.05) is 24.6 Å². The minimum atomic E-state index is -0.186. The van der Waals surface area contributed by atoms with Gasteiger partial charge in [-0.15, -0.1) is 0 Å². The summed E-state index contributed by atoms with van der Waals surface area (Å²) in [5, 5.41) is 11.7. The van der Waals surface area contributed by atoms with E-state index in [0.29, 0.717) is 18.7 Å². The molecule has 0 aliphatic heterocycles. The predicted molar refractivity (Wildman–Crippen MR) is 80.1 cm³/mol. The minimum absolute atomic E-state index is 0.0220. The van der Waals surface area contributed by atoms with Crippen LogP contribution in [0.25, 0.3) is 0 Å². The van der Waals surface area contributed by atoms with Gasteiger partial charge < -0.3 is 15.8 Å². The summed E-state index contributed by atoms with van der Waals surface area (Å²) >= 11 is 0. The summed E-state index contributed by atoms with van der Waals surface area (Å²) < 4.78 is 0. The standard InChI is InChI=1S/C15H23N3O2/c1-5-18(9-11(3)14(16)17-20)15(19)13-8-6-7-10(2)12(13)4/h6-8,11,20H,5,9H2,1-4H3,(H2,16,17). The molecule has 1 unspecified atom stereocenters. The number of hydrogen-bond acceptors (Lipinski definition) is 3. The van der Waals surface area contributed by atoms with Crippen LogP contribution in [-0.2, 0) is 0 Å². The quantitative estimate of drug-likeness (QED) is 0.374. The lowest BCUT2D eigenvalue weighted by atomic mass is 10.0. The predicted octanol–water partition coefficient (Wildman–Crippen LogP) is 2.15. The zero-order chi connectivity index (χ0) is 15.3. The van der Waals surface area contributed by atoms with E-state index in [-0.39, 0.29) is 17.7 Å². The van der Waals surface area contributed by atoms with Gasteiger partial charge in [0.15, 0.2) is 0 Å². The highest BCUT2D eigenvalue weighted by molar-refractivity contribution is 5.96. The Kier molecular flexibility index (Phi) is 5.55. The van der Waals surface area contributed by atoms with Crippen LogP contribution in [0.1, 0.15) is 35.3 Å². The van der Waals surface area contributed by atoms with Crippen molar-refractivity contribution in [2.24, 2.45) is 16.8 Å². The summed E-state index contributed by atoms with van der Waals surface area (Å²) in [5.74, 6) is -0.0717. The number of carbonyl (C=O) groups is 1. The molecule has 110 valence electrons. The first-order valence-corrected chi connectivity index (χ1v) is 6.75. The molecule has 0 fully saturated rings. The van der Waals surface area contributed by atoms with E-state index in [1.807, 2.05) is 45.9 Å². The van der Waals surface area contributed by atoms with E-state index in [4.69, 9.17) is 10.9 Å². The zero-order valence-electron chi connectivity index (χ0n) is 12.6. The van der Waals surface area contributed by atoms with Crippen LogP contribution in [0, 0.1) is 19.8 Å². The van der Waals surface area contributed by atoms with Gasteiger partial charge in [-0.1, -0.05) is 24.2 Å². The number of oxime groups is 1. The number of carbonyl (C=O) groups excluding carboxylic acids is 1. The molecule has 1 aromatic carbocycles. The Morgan fingerprint density at radius 1 is 1.45 bits per heavy atom. The summed E-state index contributed by atoms with van der Waals surface area (Å²) in [5.41, 5.74) is 8.37. The molecule has 5 nitrogen and oxygen atoms in total. The van der Waals surface area contributed by atoms with Crippen LogP contribution < -0.4 is 5.73 Å². The van der Waals surface area contributed by atoms with Gasteiger partial charge in [-0.25, -0.2) is 0 Å². The second-order valence-corrected chi connectivity index (χ2v) is 5.02. The number of amides is 1. The monoisotopic (exact) mass is 277 g/mol. The molecule has 5 heteroatoms. The van der Waals surface area contributed by atoms with Crippen LogP contribution in [0.5, 0.6) is 0 Å². The fourth-order valence-electron chi connectivity index (χ4n) is 2.03. The topological polar surface area (TPSA) is 78.9 Å². The molecule has 0 saturated carbocycles. The van der Waals surface area contributed by atoms with Crippen molar-refractivity contribution in [2.45, 2.75) is 27.7 Å². The third-order valence-corrected chi connectivity index (χ3v) is 3.62. The Balaban J connectivity index is 2.95. The van der Waals surface area contributed by atoms with Crippen LogP contribution in [0.3, 0.4) is 0 Å². The molecule has 1 aromatic rings. The molecule has 0 aliphatic carbocycles. The molecule has 0 aliphatic rings. The fourth-order valence-corrected chi connectivity index (χ4v) is 2.03. The number of benzene rings is 1. The second-order valence-electron chi connectivity index (χ2n) is 5.02. The number of hydrogen-bond donors (Lipinski definition) is 2. The van der Waals surface area contributed by atoms with Gasteiger partial charge in [0.2, 0.25) is 0 Å². The summed E-state index contributed by atoms with van der Waals surface area (Å²) in [6.45, 7) is 8.69. The molecule has 1 atom stereocenters. The Bertz CT molecular complexity index is 512. The van der Waals surface area contributed by atoms with Crippen molar-refractivity contribution >= 4 is 11.7 Å². The van der Waals surface area contributed by atoms with Gasteiger partial charge in [-0.05, 0) is 38.0 Å². The molecule has 0 spiro atoms. The third-order valence-electron chi connectivity index (χ3n) is 3.62. The average molecular weight is 277 g/mol. The van der Waals surface area contributed by atoms with Gasteiger partial charge in [0.25, 0.3) is 5.91 Å². The van der Waals surface area contributed by atoms with Crippen molar-refractivity contribution in [1.29, 1.82) is 0 Å². The zero-order valence-corrected chi connectivity index (χ0v) is 12.6. The lowest BCUT2D eigenvalue weighted by molar-refractivity contribution is 0.0753. The third kappa shape index (κ3) is 3.50. The first-order chi connectivity index (χ1) is 9.42. The van der Waals surface area contributed by atoms with E-state index in [0.717, 1.165) is 11.1 Å². The minimum Gasteiger partial charge on any atom is -0.409 e. The fraction of sp³-hybridized carbons (Fsp3) is 0.467. The Morgan fingerprint density at radius 2 is 2.10 bits per heavy atom. The average Bonchev–Trinajstić information content (AvgIpc) is 2.45. The Morgan fingerprint density at radius 3 is 2.65 bits per heavy atom. The lowest BCUT2D eigenvalue weighted by Gasteiger charge is -2.25. The first kappa shape index (κ1) is 16.0. The Labute approximate surface area is 120 Å². The number of nitrogens with two attached hydrogens (primary N) is 1. The van der Waals surface area contributed by atoms with Gasteiger partial charge in [0.1, 0.15) is 5.84 Å². The summed E-state index contributed by atoms with van der Waals surface area (Å²) in [6, 6.07) is 5.71. The highest BCUT2D eigenvalue weighted by Crippen LogP contribution is 2.16. The molecule has 0 aromatic heterocycles. The second kappa shape index (κ2) is 6.93. The van der Waals surface area contributed by atoms with Crippen molar-refractivity contribution < 1.29 is 10.0 Å². The molecule has 0 radical (unpaired) electrons. The van der Waals surface area contributed by atoms with Crippen LogP contribution in [0.2, 0.25) is 0 Å². The molecule has 0 bridgehead atoms. The SMILES string of the molecule is CCN(CC(C)C(N)=NO)C(=O)c1cccc(C)c1C. The summed E-state index contributed by atoms with van der Waals surface area (Å²) in [7, 11) is 0. The Hall–Kier alpha value is -2.04.